The summed E-state index contributed by atoms with van der Waals surface area (Å²) in [6.07, 6.45) is 0.976. The number of aromatic nitrogens is 2. The van der Waals surface area contributed by atoms with Gasteiger partial charge in [-0.05, 0) is 38.9 Å². The van der Waals surface area contributed by atoms with E-state index >= 15 is 0 Å². The molecule has 0 spiro atoms. The number of nitrogens with one attached hydrogen (secondary N) is 1. The zero-order valence-corrected chi connectivity index (χ0v) is 12.3. The molecule has 0 radical (unpaired) electrons. The second kappa shape index (κ2) is 6.02. The summed E-state index contributed by atoms with van der Waals surface area (Å²) in [5.74, 6) is 0. The van der Waals surface area contributed by atoms with Crippen LogP contribution in [0.25, 0.3) is 0 Å². The summed E-state index contributed by atoms with van der Waals surface area (Å²) >= 11 is 0. The van der Waals surface area contributed by atoms with Gasteiger partial charge in [0.15, 0.2) is 0 Å². The highest BCUT2D eigenvalue weighted by Gasteiger charge is 2.17. The molecule has 0 aliphatic rings. The number of benzene rings is 1. The Kier molecular flexibility index (Phi) is 4.38. The van der Waals surface area contributed by atoms with Crippen LogP contribution in [-0.2, 0) is 13.0 Å². The fraction of sp³-hybridized carbons (Fsp3) is 0.438. The Hall–Kier alpha value is -1.61. The highest BCUT2D eigenvalue weighted by molar-refractivity contribution is 5.32. The Balaban J connectivity index is 2.44. The van der Waals surface area contributed by atoms with Crippen molar-refractivity contribution in [2.24, 2.45) is 0 Å². The van der Waals surface area contributed by atoms with Crippen molar-refractivity contribution in [1.82, 2.24) is 15.1 Å². The Labute approximate surface area is 115 Å². The van der Waals surface area contributed by atoms with Crippen LogP contribution >= 0.6 is 0 Å². The van der Waals surface area contributed by atoms with Crippen LogP contribution in [0.3, 0.4) is 0 Å². The van der Waals surface area contributed by atoms with Crippen molar-refractivity contribution in [3.63, 3.8) is 0 Å². The Morgan fingerprint density at radius 1 is 1.26 bits per heavy atom. The van der Waals surface area contributed by atoms with Gasteiger partial charge in [0.2, 0.25) is 0 Å². The lowest BCUT2D eigenvalue weighted by molar-refractivity contribution is 0.560. The van der Waals surface area contributed by atoms with E-state index in [1.54, 1.807) is 0 Å². The molecule has 3 heteroatoms. The van der Waals surface area contributed by atoms with Crippen molar-refractivity contribution in [2.75, 3.05) is 7.05 Å². The third-order valence-electron chi connectivity index (χ3n) is 3.48. The molecule has 102 valence electrons. The van der Waals surface area contributed by atoms with E-state index in [0.29, 0.717) is 0 Å². The topological polar surface area (TPSA) is 29.9 Å². The van der Waals surface area contributed by atoms with Crippen LogP contribution in [0.5, 0.6) is 0 Å². The average Bonchev–Trinajstić information content (AvgIpc) is 2.83. The van der Waals surface area contributed by atoms with Crippen LogP contribution in [0, 0.1) is 6.92 Å². The van der Waals surface area contributed by atoms with Gasteiger partial charge in [0.25, 0.3) is 0 Å². The number of hydrogen-bond acceptors (Lipinski definition) is 2. The molecule has 1 aromatic heterocycles. The minimum Gasteiger partial charge on any atom is -0.308 e. The third-order valence-corrected chi connectivity index (χ3v) is 3.48. The standard InChI is InChI=1S/C16H23N3/c1-5-14-11-15(19(6-2)18-14)16(17-4)13-9-7-8-12(3)10-13/h7-11,16-17H,5-6H2,1-4H3. The first-order chi connectivity index (χ1) is 9.19. The molecule has 3 nitrogen and oxygen atoms in total. The Bertz CT molecular complexity index is 543. The normalized spacial score (nSPS) is 12.6. The van der Waals surface area contributed by atoms with Crippen molar-refractivity contribution in [1.29, 1.82) is 0 Å². The highest BCUT2D eigenvalue weighted by atomic mass is 15.3. The van der Waals surface area contributed by atoms with Crippen molar-refractivity contribution >= 4 is 0 Å². The van der Waals surface area contributed by atoms with Crippen molar-refractivity contribution < 1.29 is 0 Å². The number of nitrogens with zero attached hydrogens (tertiary/aromatic N) is 2. The maximum Gasteiger partial charge on any atom is 0.0746 e. The summed E-state index contributed by atoms with van der Waals surface area (Å²) in [7, 11) is 2.01. The highest BCUT2D eigenvalue weighted by Crippen LogP contribution is 2.23. The molecule has 19 heavy (non-hydrogen) atoms. The first kappa shape index (κ1) is 13.8. The van der Waals surface area contributed by atoms with Gasteiger partial charge in [-0.15, -0.1) is 0 Å². The largest absolute Gasteiger partial charge is 0.308 e. The van der Waals surface area contributed by atoms with E-state index < -0.39 is 0 Å². The van der Waals surface area contributed by atoms with Crippen LogP contribution in [0.15, 0.2) is 30.3 Å². The fourth-order valence-electron chi connectivity index (χ4n) is 2.48. The lowest BCUT2D eigenvalue weighted by atomic mass is 10.0. The molecule has 2 aromatic rings. The average molecular weight is 257 g/mol. The lowest BCUT2D eigenvalue weighted by Crippen LogP contribution is -2.21. The Morgan fingerprint density at radius 2 is 2.05 bits per heavy atom. The van der Waals surface area contributed by atoms with Crippen LogP contribution in [0.1, 0.15) is 42.4 Å². The zero-order valence-electron chi connectivity index (χ0n) is 12.3. The molecular weight excluding hydrogens is 234 g/mol. The quantitative estimate of drug-likeness (QED) is 0.892. The predicted molar refractivity (Wildman–Crippen MR) is 79.4 cm³/mol. The summed E-state index contributed by atoms with van der Waals surface area (Å²) in [5.41, 5.74) is 4.98. The smallest absolute Gasteiger partial charge is 0.0746 e. The fourth-order valence-corrected chi connectivity index (χ4v) is 2.48. The van der Waals surface area contributed by atoms with Gasteiger partial charge in [-0.25, -0.2) is 0 Å². The maximum absolute atomic E-state index is 4.64. The molecule has 1 aromatic carbocycles. The number of aryl methyl sites for hydroxylation is 3. The van der Waals surface area contributed by atoms with E-state index in [0.717, 1.165) is 18.7 Å². The van der Waals surface area contributed by atoms with Gasteiger partial charge in [-0.1, -0.05) is 36.8 Å². The van der Waals surface area contributed by atoms with E-state index in [9.17, 15) is 0 Å². The van der Waals surface area contributed by atoms with Gasteiger partial charge in [0.1, 0.15) is 0 Å². The SMILES string of the molecule is CCc1cc(C(NC)c2cccc(C)c2)n(CC)n1. The molecule has 1 heterocycles. The molecule has 2 rings (SSSR count). The zero-order chi connectivity index (χ0) is 13.8. The van der Waals surface area contributed by atoms with Crippen LogP contribution in [0.2, 0.25) is 0 Å². The summed E-state index contributed by atoms with van der Waals surface area (Å²) < 4.78 is 2.10. The Morgan fingerprint density at radius 3 is 2.63 bits per heavy atom. The van der Waals surface area contributed by atoms with E-state index in [-0.39, 0.29) is 6.04 Å². The van der Waals surface area contributed by atoms with Gasteiger partial charge in [0, 0.05) is 6.54 Å². The summed E-state index contributed by atoms with van der Waals surface area (Å²) in [5, 5.41) is 8.05. The molecule has 0 amide bonds. The number of rotatable bonds is 5. The summed E-state index contributed by atoms with van der Waals surface area (Å²) in [6, 6.07) is 11.1. The predicted octanol–water partition coefficient (Wildman–Crippen LogP) is 3.08. The van der Waals surface area contributed by atoms with E-state index in [4.69, 9.17) is 0 Å². The minimum absolute atomic E-state index is 0.202. The monoisotopic (exact) mass is 257 g/mol. The van der Waals surface area contributed by atoms with Crippen molar-refractivity contribution in [3.8, 4) is 0 Å². The van der Waals surface area contributed by atoms with Gasteiger partial charge < -0.3 is 5.32 Å². The molecule has 0 saturated heterocycles. The first-order valence-electron chi connectivity index (χ1n) is 7.00. The molecule has 1 N–H and O–H groups in total. The van der Waals surface area contributed by atoms with Gasteiger partial charge >= 0.3 is 0 Å². The van der Waals surface area contributed by atoms with Crippen LogP contribution in [0.4, 0.5) is 0 Å². The van der Waals surface area contributed by atoms with Gasteiger partial charge in [0.05, 0.1) is 17.4 Å². The third kappa shape index (κ3) is 2.87. The molecule has 0 bridgehead atoms. The lowest BCUT2D eigenvalue weighted by Gasteiger charge is -2.18. The van der Waals surface area contributed by atoms with Crippen LogP contribution in [-0.4, -0.2) is 16.8 Å². The van der Waals surface area contributed by atoms with Gasteiger partial charge in [-0.3, -0.25) is 4.68 Å². The molecule has 0 aliphatic carbocycles. The second-order valence-corrected chi connectivity index (χ2v) is 4.87. The minimum atomic E-state index is 0.202. The van der Waals surface area contributed by atoms with Crippen molar-refractivity contribution in [2.45, 2.75) is 39.8 Å². The molecule has 0 aliphatic heterocycles. The van der Waals surface area contributed by atoms with Gasteiger partial charge in [-0.2, -0.15) is 5.10 Å². The van der Waals surface area contributed by atoms with E-state index in [1.165, 1.54) is 16.8 Å². The molecule has 1 atom stereocenters. The molecular formula is C16H23N3. The summed E-state index contributed by atoms with van der Waals surface area (Å²) in [4.78, 5) is 0. The second-order valence-electron chi connectivity index (χ2n) is 4.87. The van der Waals surface area contributed by atoms with Crippen LogP contribution < -0.4 is 5.32 Å². The number of hydrogen-bond donors (Lipinski definition) is 1. The van der Waals surface area contributed by atoms with Crippen molar-refractivity contribution in [3.05, 3.63) is 52.8 Å². The molecule has 1 unspecified atom stereocenters. The summed E-state index contributed by atoms with van der Waals surface area (Å²) in [6.45, 7) is 7.32. The van der Waals surface area contributed by atoms with E-state index in [2.05, 4.69) is 66.2 Å². The molecule has 0 saturated carbocycles. The molecule has 0 fully saturated rings. The maximum atomic E-state index is 4.64. The van der Waals surface area contributed by atoms with E-state index in [1.807, 2.05) is 7.05 Å². The first-order valence-corrected chi connectivity index (χ1v) is 7.00.